The van der Waals surface area contributed by atoms with E-state index in [0.29, 0.717) is 4.90 Å². The van der Waals surface area contributed by atoms with Crippen molar-refractivity contribution < 1.29 is 18.8 Å². The largest absolute Gasteiger partial charge is 0.336 e. The van der Waals surface area contributed by atoms with Crippen LogP contribution in [0.5, 0.6) is 0 Å². The summed E-state index contributed by atoms with van der Waals surface area (Å²) >= 11 is 3.01. The van der Waals surface area contributed by atoms with Crippen LogP contribution in [0.15, 0.2) is 22.7 Å². The van der Waals surface area contributed by atoms with Crippen molar-refractivity contribution in [3.05, 3.63) is 28.5 Å². The Morgan fingerprint density at radius 1 is 1.25 bits per heavy atom. The Morgan fingerprint density at radius 2 is 1.94 bits per heavy atom. The van der Waals surface area contributed by atoms with Crippen LogP contribution in [0.1, 0.15) is 0 Å². The number of rotatable bonds is 1. The number of halogens is 2. The van der Waals surface area contributed by atoms with E-state index >= 15 is 0 Å². The van der Waals surface area contributed by atoms with Crippen molar-refractivity contribution in [3.8, 4) is 0 Å². The number of nitrogens with zero attached hydrogens (tertiary/aromatic N) is 1. The van der Waals surface area contributed by atoms with Crippen molar-refractivity contribution in [2.75, 3.05) is 4.90 Å². The first-order valence-electron chi connectivity index (χ1n) is 4.15. The molecule has 0 aliphatic carbocycles. The van der Waals surface area contributed by atoms with Gasteiger partial charge < -0.3 is 0 Å². The Balaban J connectivity index is 2.48. The van der Waals surface area contributed by atoms with Crippen LogP contribution >= 0.6 is 15.9 Å². The lowest BCUT2D eigenvalue weighted by Crippen LogP contribution is -2.31. The van der Waals surface area contributed by atoms with Gasteiger partial charge in [-0.1, -0.05) is 0 Å². The quantitative estimate of drug-likeness (QED) is 0.623. The van der Waals surface area contributed by atoms with Crippen molar-refractivity contribution in [3.63, 3.8) is 0 Å². The standard InChI is InChI=1S/C9H4BrFN2O3/c10-5-3-4(11)1-2-6(5)13-8(15)7(14)12-9(13)16/h1-3H,(H,12,14,16). The van der Waals surface area contributed by atoms with Gasteiger partial charge in [0, 0.05) is 4.47 Å². The Bertz CT molecular complexity index is 517. The molecule has 5 nitrogen and oxygen atoms in total. The van der Waals surface area contributed by atoms with Crippen LogP contribution in [-0.4, -0.2) is 17.8 Å². The molecule has 1 aliphatic heterocycles. The van der Waals surface area contributed by atoms with Crippen molar-refractivity contribution >= 4 is 39.5 Å². The zero-order valence-corrected chi connectivity index (χ0v) is 9.25. The van der Waals surface area contributed by atoms with Gasteiger partial charge >= 0.3 is 17.8 Å². The third-order valence-corrected chi connectivity index (χ3v) is 2.61. The summed E-state index contributed by atoms with van der Waals surface area (Å²) < 4.78 is 13.0. The Hall–Kier alpha value is -1.76. The topological polar surface area (TPSA) is 66.5 Å². The highest BCUT2D eigenvalue weighted by Gasteiger charge is 2.38. The fraction of sp³-hybridized carbons (Fsp3) is 0. The van der Waals surface area contributed by atoms with Crippen LogP contribution in [0.25, 0.3) is 0 Å². The van der Waals surface area contributed by atoms with Gasteiger partial charge in [-0.25, -0.2) is 14.1 Å². The molecule has 16 heavy (non-hydrogen) atoms. The SMILES string of the molecule is O=C1NC(=O)N(c2ccc(F)cc2Br)C1=O. The van der Waals surface area contributed by atoms with E-state index in [1.807, 2.05) is 5.32 Å². The van der Waals surface area contributed by atoms with Gasteiger partial charge in [0.05, 0.1) is 5.69 Å². The first kappa shape index (κ1) is 10.7. The van der Waals surface area contributed by atoms with E-state index in [4.69, 9.17) is 0 Å². The molecule has 0 bridgehead atoms. The maximum Gasteiger partial charge on any atom is 0.336 e. The summed E-state index contributed by atoms with van der Waals surface area (Å²) in [6, 6.07) is 2.57. The minimum absolute atomic E-state index is 0.120. The number of nitrogens with one attached hydrogen (secondary N) is 1. The van der Waals surface area contributed by atoms with Gasteiger partial charge in [-0.15, -0.1) is 0 Å². The number of amides is 4. The van der Waals surface area contributed by atoms with E-state index in [9.17, 15) is 18.8 Å². The lowest BCUT2D eigenvalue weighted by molar-refractivity contribution is -0.134. The van der Waals surface area contributed by atoms with Crippen molar-refractivity contribution in [1.29, 1.82) is 0 Å². The maximum atomic E-state index is 12.8. The summed E-state index contributed by atoms with van der Waals surface area (Å²) in [6.07, 6.45) is 0. The normalized spacial score (nSPS) is 15.6. The number of urea groups is 1. The third kappa shape index (κ3) is 1.58. The fourth-order valence-electron chi connectivity index (χ4n) is 1.28. The number of hydrogen-bond donors (Lipinski definition) is 1. The highest BCUT2D eigenvalue weighted by Crippen LogP contribution is 2.28. The predicted molar refractivity (Wildman–Crippen MR) is 55.1 cm³/mol. The molecule has 82 valence electrons. The highest BCUT2D eigenvalue weighted by molar-refractivity contribution is 9.10. The molecule has 0 spiro atoms. The lowest BCUT2D eigenvalue weighted by Gasteiger charge is -2.12. The molecule has 1 saturated heterocycles. The summed E-state index contributed by atoms with van der Waals surface area (Å²) in [5.74, 6) is -2.51. The van der Waals surface area contributed by atoms with Gasteiger partial charge in [-0.2, -0.15) is 0 Å². The first-order valence-corrected chi connectivity index (χ1v) is 4.94. The molecule has 0 aromatic heterocycles. The Labute approximate surface area is 97.3 Å². The smallest absolute Gasteiger partial charge is 0.269 e. The summed E-state index contributed by atoms with van der Waals surface area (Å²) in [5.41, 5.74) is 0.120. The van der Waals surface area contributed by atoms with Gasteiger partial charge in [0.25, 0.3) is 0 Å². The summed E-state index contributed by atoms with van der Waals surface area (Å²) in [5, 5.41) is 1.84. The third-order valence-electron chi connectivity index (χ3n) is 1.97. The molecule has 1 aliphatic rings. The van der Waals surface area contributed by atoms with E-state index in [1.165, 1.54) is 6.07 Å². The fourth-order valence-corrected chi connectivity index (χ4v) is 1.81. The van der Waals surface area contributed by atoms with Crippen molar-refractivity contribution in [1.82, 2.24) is 5.32 Å². The molecule has 0 radical (unpaired) electrons. The Morgan fingerprint density at radius 3 is 2.44 bits per heavy atom. The molecule has 4 amide bonds. The molecule has 2 rings (SSSR count). The highest BCUT2D eigenvalue weighted by atomic mass is 79.9. The van der Waals surface area contributed by atoms with Crippen LogP contribution in [0, 0.1) is 5.82 Å². The molecule has 1 heterocycles. The molecule has 0 saturated carbocycles. The van der Waals surface area contributed by atoms with Crippen LogP contribution < -0.4 is 10.2 Å². The molecular formula is C9H4BrFN2O3. The number of carbonyl (C=O) groups excluding carboxylic acids is 3. The minimum atomic E-state index is -0.999. The van der Waals surface area contributed by atoms with Crippen LogP contribution in [0.2, 0.25) is 0 Å². The molecule has 7 heteroatoms. The van der Waals surface area contributed by atoms with Gasteiger partial charge in [0.15, 0.2) is 0 Å². The van der Waals surface area contributed by atoms with E-state index in [1.54, 1.807) is 0 Å². The molecule has 1 aromatic carbocycles. The second-order valence-corrected chi connectivity index (χ2v) is 3.85. The zero-order chi connectivity index (χ0) is 11.9. The minimum Gasteiger partial charge on any atom is -0.269 e. The molecule has 0 atom stereocenters. The van der Waals surface area contributed by atoms with Gasteiger partial charge in [-0.3, -0.25) is 14.9 Å². The second kappa shape index (κ2) is 3.67. The van der Waals surface area contributed by atoms with E-state index in [-0.39, 0.29) is 10.2 Å². The summed E-state index contributed by atoms with van der Waals surface area (Å²) in [6.45, 7) is 0. The number of imide groups is 2. The number of hydrogen-bond acceptors (Lipinski definition) is 3. The second-order valence-electron chi connectivity index (χ2n) is 3.00. The zero-order valence-electron chi connectivity index (χ0n) is 7.66. The average Bonchev–Trinajstić information content (AvgIpc) is 2.43. The van der Waals surface area contributed by atoms with E-state index in [0.717, 1.165) is 12.1 Å². The molecule has 1 aromatic rings. The molecular weight excluding hydrogens is 283 g/mol. The van der Waals surface area contributed by atoms with Gasteiger partial charge in [0.1, 0.15) is 5.82 Å². The number of anilines is 1. The molecule has 1 N–H and O–H groups in total. The maximum absolute atomic E-state index is 12.8. The van der Waals surface area contributed by atoms with Crippen LogP contribution in [0.4, 0.5) is 14.9 Å². The lowest BCUT2D eigenvalue weighted by atomic mass is 10.3. The predicted octanol–water partition coefficient (Wildman–Crippen LogP) is 1.17. The number of benzene rings is 1. The van der Waals surface area contributed by atoms with Crippen molar-refractivity contribution in [2.24, 2.45) is 0 Å². The summed E-state index contributed by atoms with van der Waals surface area (Å²) in [7, 11) is 0. The van der Waals surface area contributed by atoms with Crippen LogP contribution in [0.3, 0.4) is 0 Å². The van der Waals surface area contributed by atoms with Crippen LogP contribution in [-0.2, 0) is 9.59 Å². The van der Waals surface area contributed by atoms with E-state index in [2.05, 4.69) is 15.9 Å². The molecule has 1 fully saturated rings. The number of carbonyl (C=O) groups is 3. The van der Waals surface area contributed by atoms with Crippen molar-refractivity contribution in [2.45, 2.75) is 0 Å². The first-order chi connectivity index (χ1) is 7.50. The average molecular weight is 287 g/mol. The van der Waals surface area contributed by atoms with Gasteiger partial charge in [0.2, 0.25) is 0 Å². The van der Waals surface area contributed by atoms with E-state index < -0.39 is 23.7 Å². The Kier molecular flexibility index (Phi) is 2.47. The summed E-state index contributed by atoms with van der Waals surface area (Å²) in [4.78, 5) is 34.2. The van der Waals surface area contributed by atoms with Gasteiger partial charge in [-0.05, 0) is 34.1 Å². The monoisotopic (exact) mass is 286 g/mol. The molecule has 0 unspecified atom stereocenters.